The van der Waals surface area contributed by atoms with E-state index in [4.69, 9.17) is 84.7 Å². The maximum absolute atomic E-state index is 11.4. The number of aliphatic carboxylic acids is 1. The normalized spacial score (nSPS) is 9.66. The fraction of sp³-hybridized carbons (Fsp3) is 0.216. The molecule has 650 valence electrons. The van der Waals surface area contributed by atoms with Crippen molar-refractivity contribution in [1.29, 1.82) is 0 Å². The number of halogens is 3. The number of carbonyl (C=O) groups excluding carboxylic acids is 1. The van der Waals surface area contributed by atoms with Crippen LogP contribution in [0.4, 0.5) is 40.7 Å². The summed E-state index contributed by atoms with van der Waals surface area (Å²) in [7, 11) is 10.7. The van der Waals surface area contributed by atoms with Gasteiger partial charge in [0, 0.05) is 88.1 Å². The number of nitrogens with two attached hydrogens (primary N) is 3. The van der Waals surface area contributed by atoms with Gasteiger partial charge in [-0.1, -0.05) is 270 Å². The minimum atomic E-state index is -3.22. The zero-order valence-electron chi connectivity index (χ0n) is 71.0. The van der Waals surface area contributed by atoms with E-state index in [1.54, 1.807) is 89.1 Å². The number of H-pyrrole nitrogens is 1. The summed E-state index contributed by atoms with van der Waals surface area (Å²) in [5.41, 5.74) is 26.8. The number of methoxy groups -OCH3 is 2. The first kappa shape index (κ1) is 110. The molecule has 0 aliphatic carbocycles. The summed E-state index contributed by atoms with van der Waals surface area (Å²) in [5, 5.41) is 26.3. The third-order valence-electron chi connectivity index (χ3n) is 13.7. The summed E-state index contributed by atoms with van der Waals surface area (Å²) in [6.07, 6.45) is 9.37. The van der Waals surface area contributed by atoms with Crippen LogP contribution in [0.3, 0.4) is 0 Å². The average molecular weight is 1770 g/mol. The molecule has 12 aromatic rings. The number of carbonyl (C=O) groups is 2. The van der Waals surface area contributed by atoms with Gasteiger partial charge in [-0.25, -0.2) is 57.7 Å². The van der Waals surface area contributed by atoms with Crippen LogP contribution in [0.1, 0.15) is 78.3 Å². The number of Topliss-reactive ketones (excluding diaryl/α,β-unsaturated/α-hetero) is 1. The molecular formula is C88H104Cl3N23O9P+. The van der Waals surface area contributed by atoms with Crippen LogP contribution in [0.25, 0.3) is 80.4 Å². The van der Waals surface area contributed by atoms with Crippen molar-refractivity contribution in [2.24, 2.45) is 15.9 Å². The minimum Gasteiger partial charge on any atom is -0.481 e. The predicted molar refractivity (Wildman–Crippen MR) is 498 cm³/mol. The number of ether oxygens (including phenoxy) is 2. The second-order valence-corrected chi connectivity index (χ2v) is 30.5. The van der Waals surface area contributed by atoms with E-state index in [-0.39, 0.29) is 48.8 Å². The van der Waals surface area contributed by atoms with E-state index in [1.807, 2.05) is 237 Å². The minimum absolute atomic E-state index is 0. The van der Waals surface area contributed by atoms with Gasteiger partial charge in [-0.05, 0) is 72.8 Å². The fourth-order valence-corrected chi connectivity index (χ4v) is 8.43. The van der Waals surface area contributed by atoms with E-state index in [0.717, 1.165) is 41.1 Å². The number of aromatic nitrogens is 10. The molecule has 0 unspecified atom stereocenters. The first-order chi connectivity index (χ1) is 59.4. The number of aliphatic hydroxyl groups excluding tert-OH is 1. The molecule has 0 saturated carbocycles. The summed E-state index contributed by atoms with van der Waals surface area (Å²) in [6, 6.07) is 67.2. The Balaban J connectivity index is 0. The summed E-state index contributed by atoms with van der Waals surface area (Å²) in [6.45, 7) is 48.8. The molecule has 0 amide bonds. The molecule has 0 fully saturated rings. The topological polar surface area (TPSA) is 415 Å². The molecule has 0 bridgehead atoms. The Kier molecular flexibility index (Phi) is 58.2. The number of fused-ring (bicyclic) bond motifs is 1. The van der Waals surface area contributed by atoms with Crippen molar-refractivity contribution < 1.29 is 44.9 Å². The Hall–Kier alpha value is -14.2. The number of carboxylic acid groups (broad SMARTS) is 1. The maximum atomic E-state index is 11.4. The average Bonchev–Trinajstić information content (AvgIpc) is 0.813. The zero-order valence-corrected chi connectivity index (χ0v) is 74.2. The second kappa shape index (κ2) is 65.7. The van der Waals surface area contributed by atoms with Crippen molar-refractivity contribution in [2.75, 3.05) is 59.2 Å². The van der Waals surface area contributed by atoms with Gasteiger partial charge >= 0.3 is 34.6 Å². The third-order valence-corrected chi connectivity index (χ3v) is 13.7. The lowest BCUT2D eigenvalue weighted by molar-refractivity contribution is -0.477. The number of oxime groups is 1. The number of benzene rings is 7. The van der Waals surface area contributed by atoms with Crippen LogP contribution in [0.15, 0.2) is 254 Å². The number of hydrogen-bond acceptors (Lipinski definition) is 23. The lowest BCUT2D eigenvalue weighted by Crippen LogP contribution is -2.30. The molecule has 36 heteroatoms. The van der Waals surface area contributed by atoms with Crippen LogP contribution in [0, 0.1) is 37.8 Å². The molecule has 0 aliphatic rings. The Morgan fingerprint density at radius 3 is 1.39 bits per heavy atom. The van der Waals surface area contributed by atoms with Gasteiger partial charge in [0.2, 0.25) is 12.2 Å². The molecule has 32 nitrogen and oxygen atoms in total. The highest BCUT2D eigenvalue weighted by molar-refractivity contribution is 8.24. The number of aromatic amines is 1. The first-order valence-corrected chi connectivity index (χ1v) is 41.6. The van der Waals surface area contributed by atoms with Crippen molar-refractivity contribution in [2.45, 2.75) is 87.2 Å². The van der Waals surface area contributed by atoms with Crippen molar-refractivity contribution in [1.82, 2.24) is 54.7 Å². The summed E-state index contributed by atoms with van der Waals surface area (Å²) < 4.78 is 19.7. The predicted octanol–water partition coefficient (Wildman–Crippen LogP) is 20.0. The molecule has 0 spiro atoms. The van der Waals surface area contributed by atoms with Crippen LogP contribution < -0.4 is 26.9 Å². The lowest BCUT2D eigenvalue weighted by atomic mass is 10.1. The lowest BCUT2D eigenvalue weighted by Gasteiger charge is -2.19. The smallest absolute Gasteiger partial charge is 0.471 e. The van der Waals surface area contributed by atoms with E-state index in [1.165, 1.54) is 23.7 Å². The first-order valence-electron chi connectivity index (χ1n) is 37.2. The molecule has 5 aromatic heterocycles. The van der Waals surface area contributed by atoms with Crippen molar-refractivity contribution in [3.05, 3.63) is 322 Å². The Morgan fingerprint density at radius 1 is 0.621 bits per heavy atom. The van der Waals surface area contributed by atoms with Gasteiger partial charge < -0.3 is 61.1 Å². The van der Waals surface area contributed by atoms with Gasteiger partial charge in [0.25, 0.3) is 5.97 Å². The van der Waals surface area contributed by atoms with Crippen molar-refractivity contribution in [3.63, 3.8) is 0 Å². The van der Waals surface area contributed by atoms with Gasteiger partial charge in [-0.3, -0.25) is 29.8 Å². The van der Waals surface area contributed by atoms with Gasteiger partial charge in [-0.15, -0.1) is 9.97 Å². The number of nitrogens with zero attached hydrogens (tertiary/aromatic N) is 18. The zero-order chi connectivity index (χ0) is 93.2. The summed E-state index contributed by atoms with van der Waals surface area (Å²) in [4.78, 5) is 91.7. The fourth-order valence-electron chi connectivity index (χ4n) is 8.43. The largest absolute Gasteiger partial charge is 0.481 e. The van der Waals surface area contributed by atoms with E-state index in [2.05, 4.69) is 125 Å². The molecule has 11 N–H and O–H groups in total. The van der Waals surface area contributed by atoms with Crippen LogP contribution >= 0.6 is 38.9 Å². The van der Waals surface area contributed by atoms with Crippen LogP contribution in [-0.2, 0) is 31.9 Å². The van der Waals surface area contributed by atoms with E-state index >= 15 is 0 Å². The number of aliphatic imine (C=N–C) groups is 1. The number of rotatable bonds is 15. The number of aliphatic hydroxyl groups is 1. The molecule has 124 heavy (non-hydrogen) atoms. The Labute approximate surface area is 739 Å². The molecule has 0 radical (unpaired) electrons. The monoisotopic (exact) mass is 1760 g/mol. The van der Waals surface area contributed by atoms with Crippen molar-refractivity contribution in [3.8, 4) is 45.0 Å². The number of ketones is 1. The van der Waals surface area contributed by atoms with E-state index in [0.29, 0.717) is 63.0 Å². The van der Waals surface area contributed by atoms with Crippen molar-refractivity contribution >= 4 is 115 Å². The van der Waals surface area contributed by atoms with E-state index in [9.17, 15) is 14.3 Å². The van der Waals surface area contributed by atoms with Crippen LogP contribution in [0.2, 0.25) is 0 Å². The summed E-state index contributed by atoms with van der Waals surface area (Å²) in [5.74, 6) is 0.358. The van der Waals surface area contributed by atoms with Gasteiger partial charge in [0.05, 0.1) is 37.5 Å². The third kappa shape index (κ3) is 48.2. The Morgan fingerprint density at radius 2 is 1.02 bits per heavy atom. The summed E-state index contributed by atoms with van der Waals surface area (Å²) >= 11 is 13.8. The molecule has 0 atom stereocenters. The number of anilines is 3. The van der Waals surface area contributed by atoms with E-state index < -0.39 is 17.3 Å². The van der Waals surface area contributed by atoms with Crippen LogP contribution in [0.5, 0.6) is 0 Å². The Bertz CT molecular complexity index is 5390. The number of nitrogen functional groups attached to an aromatic ring is 2. The molecule has 5 heterocycles. The molecule has 7 aromatic carbocycles. The number of nitrogens with one attached hydrogen (secondary N) is 2. The SMILES string of the molecule is CC.CC.CC(=O)O.CC(C)O.COC(OC)N(C)C.NCc1ccccc1.O=C(/C=N/O)c1ccccc1.O=P(Cl)(Cl)Cl.[2HH].[C-]#[N+]C(C)[N+]#[C-].[C-]#[N+]c1[nH]c(-c2ccccc2)c[n+](=O)c1N.[C-]#[N+]c1nc(-c2ccccc2)cnc1N.[C-]#[N+]c1nc(-c2ccccc2)cnc1N=CN(C)C.c1ccc(CNc2ncnc3ncc(-c4ccccc4)nc23)cc1. The van der Waals surface area contributed by atoms with Crippen LogP contribution in [-0.4, -0.2) is 155 Å². The highest BCUT2D eigenvalue weighted by atomic mass is 36.0. The molecule has 0 saturated heterocycles. The molecule has 0 aliphatic heterocycles. The number of carboxylic acids is 1. The second-order valence-electron chi connectivity index (χ2n) is 23.9. The van der Waals surface area contributed by atoms with Gasteiger partial charge in [0.1, 0.15) is 18.4 Å². The maximum Gasteiger partial charge on any atom is 0.471 e. The van der Waals surface area contributed by atoms with Gasteiger partial charge in [0.15, 0.2) is 46.1 Å². The highest BCUT2D eigenvalue weighted by Gasteiger charge is 2.16. The number of hydrogen-bond donors (Lipinski definition) is 8. The molecular weight excluding hydrogens is 1660 g/mol. The highest BCUT2D eigenvalue weighted by Crippen LogP contribution is 2.61. The van der Waals surface area contributed by atoms with Gasteiger partial charge in [-0.2, -0.15) is 0 Å². The molecule has 12 rings (SSSR count). The standard InChI is InChI=1S/C19H15N5.C14H13N5.C11H9N4O.C11H8N4.C8H7NO2.C7H9N.C5H13NO2.C4H4N2.C3H8O.C2H4O2.2C2H6.Cl3OP.H2/c1-3-7-14(8-4-1)11-20-18-17-19(23-13-22-18)21-12-16(24-17)15-9-5-2-6-10-15;1-15-13-14(17-10-19(2)3)16-9-12(18-13)11-7-5-4-6-8-11;1-13-11-10(12)15(16)7-9(14-11)8-5-3-2-4-6-8;1-13-11-10(12)14-7-9(15-11)8-5-3-2-4-6-8;10-8(6-9-11)7-4-2-1-3-5-7;8-6-7-4-2-1-3-5-7;1-6(2)5(7-3)8-4;1-4(5-2)6-3;1-3(2)4;1-2(3)4;2*1-2;1-5(2,3)4;/h1-10,12-13H,11H2,(H,20,21,22,23);4-10H,2-3H3;2-7H,12H2,(H,14,16);2-7H,(H2,12,14);1-6,11H;1-5H,6,8H2;5H,1-4H3;4H,1H3;3-4H,1-2H3;1H3,(H,3,4);2*1-2H3;;1H/q;;+1;;;;;;;;;;;/b;;;;9-6+;;;;;;;;;/i;;;;;;;;;;;;;1+1. The quantitative estimate of drug-likeness (QED) is 0.00544.